The number of imide groups is 1. The van der Waals surface area contributed by atoms with Crippen LogP contribution in [0.1, 0.15) is 70.6 Å². The quantitative estimate of drug-likeness (QED) is 0.262. The third-order valence-corrected chi connectivity index (χ3v) is 6.65. The molecule has 2 amide bonds. The Morgan fingerprint density at radius 1 is 0.968 bits per heavy atom. The van der Waals surface area contributed by atoms with Crippen LogP contribution in [0.25, 0.3) is 0 Å². The first kappa shape index (κ1) is 25.7. The fourth-order valence-corrected chi connectivity index (χ4v) is 4.54. The van der Waals surface area contributed by atoms with Gasteiger partial charge in [-0.2, -0.15) is 8.42 Å². The molecule has 1 N–H and O–H groups in total. The summed E-state index contributed by atoms with van der Waals surface area (Å²) in [5, 5.41) is -1.85. The number of carbonyl (C=O) groups excluding carboxylic acids is 3. The monoisotopic (exact) mass is 463 g/mol. The normalized spacial score (nSPS) is 21.2. The number of carbonyl (C=O) groups is 3. The van der Waals surface area contributed by atoms with Gasteiger partial charge in [0.25, 0.3) is 21.9 Å². The predicted molar refractivity (Wildman–Crippen MR) is 109 cm³/mol. The van der Waals surface area contributed by atoms with Crippen molar-refractivity contribution in [2.75, 3.05) is 26.4 Å². The summed E-state index contributed by atoms with van der Waals surface area (Å²) in [4.78, 5) is 39.7. The van der Waals surface area contributed by atoms with Crippen molar-refractivity contribution in [1.29, 1.82) is 0 Å². The topological polar surface area (TPSA) is 137 Å². The average molecular weight is 464 g/mol. The molecule has 0 spiro atoms. The average Bonchev–Trinajstić information content (AvgIpc) is 2.96. The SMILES string of the molecule is O=C(CCOCCOCCCC1CCCCCCC1)ON1C(=O)CC(S(=O)(=O)O)C1=O. The lowest BCUT2D eigenvalue weighted by atomic mass is 9.88. The Morgan fingerprint density at radius 3 is 2.19 bits per heavy atom. The summed E-state index contributed by atoms with van der Waals surface area (Å²) in [6.45, 7) is 1.38. The molecule has 10 nitrogen and oxygen atoms in total. The van der Waals surface area contributed by atoms with Gasteiger partial charge in [0.05, 0.1) is 32.7 Å². The van der Waals surface area contributed by atoms with Gasteiger partial charge in [0.2, 0.25) is 0 Å². The van der Waals surface area contributed by atoms with E-state index in [1.165, 1.54) is 51.4 Å². The number of hydrogen-bond donors (Lipinski definition) is 1. The second-order valence-electron chi connectivity index (χ2n) is 8.03. The minimum Gasteiger partial charge on any atom is -0.379 e. The molecule has 1 saturated heterocycles. The van der Waals surface area contributed by atoms with Gasteiger partial charge in [-0.15, -0.1) is 5.06 Å². The van der Waals surface area contributed by atoms with E-state index in [1.807, 2.05) is 0 Å². The zero-order chi connectivity index (χ0) is 22.7. The van der Waals surface area contributed by atoms with Crippen molar-refractivity contribution in [3.05, 3.63) is 0 Å². The second-order valence-corrected chi connectivity index (χ2v) is 9.62. The first-order valence-electron chi connectivity index (χ1n) is 11.0. The van der Waals surface area contributed by atoms with Crippen molar-refractivity contribution in [3.63, 3.8) is 0 Å². The largest absolute Gasteiger partial charge is 0.379 e. The first-order valence-corrected chi connectivity index (χ1v) is 12.5. The maximum Gasteiger partial charge on any atom is 0.335 e. The maximum atomic E-state index is 11.8. The van der Waals surface area contributed by atoms with Crippen LogP contribution < -0.4 is 0 Å². The summed E-state index contributed by atoms with van der Waals surface area (Å²) in [6.07, 6.45) is 10.6. The van der Waals surface area contributed by atoms with Crippen LogP contribution in [0, 0.1) is 5.92 Å². The van der Waals surface area contributed by atoms with Gasteiger partial charge in [-0.3, -0.25) is 14.1 Å². The third-order valence-electron chi connectivity index (χ3n) is 5.56. The molecular formula is C20H33NO9S. The van der Waals surface area contributed by atoms with Crippen molar-refractivity contribution >= 4 is 27.9 Å². The van der Waals surface area contributed by atoms with Crippen molar-refractivity contribution in [1.82, 2.24) is 5.06 Å². The minimum atomic E-state index is -4.74. The number of hydrogen-bond acceptors (Lipinski definition) is 8. The Kier molecular flexibility index (Phi) is 10.9. The van der Waals surface area contributed by atoms with Gasteiger partial charge in [-0.05, 0) is 18.8 Å². The van der Waals surface area contributed by atoms with Crippen molar-refractivity contribution in [2.45, 2.75) is 75.9 Å². The van der Waals surface area contributed by atoms with E-state index in [4.69, 9.17) is 14.0 Å². The van der Waals surface area contributed by atoms with Crippen LogP contribution in [0.2, 0.25) is 0 Å². The van der Waals surface area contributed by atoms with Gasteiger partial charge in [0.15, 0.2) is 5.25 Å². The molecule has 0 bridgehead atoms. The summed E-state index contributed by atoms with van der Waals surface area (Å²) >= 11 is 0. The molecule has 2 aliphatic rings. The summed E-state index contributed by atoms with van der Waals surface area (Å²) in [6, 6.07) is 0. The van der Waals surface area contributed by atoms with Crippen molar-refractivity contribution in [2.24, 2.45) is 5.92 Å². The molecule has 1 heterocycles. The van der Waals surface area contributed by atoms with E-state index in [9.17, 15) is 22.8 Å². The van der Waals surface area contributed by atoms with Gasteiger partial charge in [-0.25, -0.2) is 4.79 Å². The van der Waals surface area contributed by atoms with E-state index >= 15 is 0 Å². The molecule has 178 valence electrons. The van der Waals surface area contributed by atoms with Crippen LogP contribution in [0.15, 0.2) is 0 Å². The molecule has 1 aliphatic carbocycles. The Morgan fingerprint density at radius 2 is 1.58 bits per heavy atom. The molecule has 0 radical (unpaired) electrons. The number of ether oxygens (including phenoxy) is 2. The summed E-state index contributed by atoms with van der Waals surface area (Å²) in [5.74, 6) is -2.39. The van der Waals surface area contributed by atoms with Crippen LogP contribution in [-0.2, 0) is 38.8 Å². The number of rotatable bonds is 12. The van der Waals surface area contributed by atoms with Crippen LogP contribution >= 0.6 is 0 Å². The third kappa shape index (κ3) is 9.22. The van der Waals surface area contributed by atoms with E-state index in [1.54, 1.807) is 0 Å². The second kappa shape index (κ2) is 13.1. The van der Waals surface area contributed by atoms with Gasteiger partial charge < -0.3 is 14.3 Å². The van der Waals surface area contributed by atoms with E-state index in [0.29, 0.717) is 19.8 Å². The lowest BCUT2D eigenvalue weighted by Crippen LogP contribution is -2.36. The lowest BCUT2D eigenvalue weighted by molar-refractivity contribution is -0.198. The maximum absolute atomic E-state index is 11.8. The molecule has 31 heavy (non-hydrogen) atoms. The van der Waals surface area contributed by atoms with Gasteiger partial charge >= 0.3 is 5.97 Å². The predicted octanol–water partition coefficient (Wildman–Crippen LogP) is 2.02. The number of hydroxylamine groups is 2. The van der Waals surface area contributed by atoms with Crippen molar-refractivity contribution in [3.8, 4) is 0 Å². The van der Waals surface area contributed by atoms with E-state index in [0.717, 1.165) is 12.3 Å². The van der Waals surface area contributed by atoms with Gasteiger partial charge in [0.1, 0.15) is 0 Å². The molecule has 1 saturated carbocycles. The molecule has 0 aromatic rings. The molecule has 1 atom stereocenters. The highest BCUT2D eigenvalue weighted by molar-refractivity contribution is 7.87. The summed E-state index contributed by atoms with van der Waals surface area (Å²) in [7, 11) is -4.74. The van der Waals surface area contributed by atoms with Crippen molar-refractivity contribution < 1.29 is 41.7 Å². The molecule has 1 unspecified atom stereocenters. The Balaban J connectivity index is 1.49. The zero-order valence-corrected chi connectivity index (χ0v) is 18.6. The van der Waals surface area contributed by atoms with E-state index in [-0.39, 0.29) is 18.1 Å². The molecule has 2 rings (SSSR count). The Bertz CT molecular complexity index is 701. The fourth-order valence-electron chi connectivity index (χ4n) is 3.84. The van der Waals surface area contributed by atoms with Crippen LogP contribution in [0.5, 0.6) is 0 Å². The standard InChI is InChI=1S/C20H33NO9S/c22-18-15-17(31(25,26)27)20(24)21(18)30-19(23)10-12-29-14-13-28-11-6-9-16-7-4-2-1-3-5-8-16/h16-17H,1-15H2,(H,25,26,27). The smallest absolute Gasteiger partial charge is 0.335 e. The summed E-state index contributed by atoms with van der Waals surface area (Å²) in [5.41, 5.74) is 0. The fraction of sp³-hybridized carbons (Fsp3) is 0.850. The molecule has 0 aromatic heterocycles. The minimum absolute atomic E-state index is 0.00220. The van der Waals surface area contributed by atoms with Crippen LogP contribution in [0.4, 0.5) is 0 Å². The first-order chi connectivity index (χ1) is 14.8. The Labute approximate surface area is 183 Å². The molecule has 11 heteroatoms. The van der Waals surface area contributed by atoms with Gasteiger partial charge in [-0.1, -0.05) is 44.9 Å². The Hall–Kier alpha value is -1.56. The zero-order valence-electron chi connectivity index (χ0n) is 17.8. The highest BCUT2D eigenvalue weighted by Crippen LogP contribution is 2.25. The number of nitrogens with zero attached hydrogens (tertiary/aromatic N) is 1. The highest BCUT2D eigenvalue weighted by atomic mass is 32.2. The van der Waals surface area contributed by atoms with E-state index in [2.05, 4.69) is 4.84 Å². The lowest BCUT2D eigenvalue weighted by Gasteiger charge is -2.19. The molecule has 2 fully saturated rings. The van der Waals surface area contributed by atoms with Crippen LogP contribution in [-0.4, -0.2) is 67.5 Å². The molecular weight excluding hydrogens is 430 g/mol. The van der Waals surface area contributed by atoms with Crippen LogP contribution in [0.3, 0.4) is 0 Å². The van der Waals surface area contributed by atoms with E-state index < -0.39 is 39.6 Å². The molecule has 1 aliphatic heterocycles. The highest BCUT2D eigenvalue weighted by Gasteiger charge is 2.48. The van der Waals surface area contributed by atoms with Gasteiger partial charge in [0, 0.05) is 6.61 Å². The summed E-state index contributed by atoms with van der Waals surface area (Å²) < 4.78 is 41.8. The molecule has 0 aromatic carbocycles. The number of amides is 2.